The van der Waals surface area contributed by atoms with Gasteiger partial charge in [0.05, 0.1) is 0 Å². The Morgan fingerprint density at radius 3 is 2.47 bits per heavy atom. The van der Waals surface area contributed by atoms with Crippen LogP contribution in [0.1, 0.15) is 20.3 Å². The minimum atomic E-state index is -3.23. The van der Waals surface area contributed by atoms with E-state index in [0.717, 1.165) is 6.42 Å². The van der Waals surface area contributed by atoms with Gasteiger partial charge in [-0.05, 0) is 25.8 Å². The predicted octanol–water partition coefficient (Wildman–Crippen LogP) is 0.0386. The maximum absolute atomic E-state index is 11.8. The third kappa shape index (κ3) is 4.44. The predicted molar refractivity (Wildman–Crippen MR) is 69.9 cm³/mol. The highest BCUT2D eigenvalue weighted by atomic mass is 35.5. The summed E-state index contributed by atoms with van der Waals surface area (Å²) < 4.78 is 22.7. The topological polar surface area (TPSA) is 80.5 Å². The summed E-state index contributed by atoms with van der Waals surface area (Å²) in [5, 5.41) is 0. The van der Waals surface area contributed by atoms with Crippen LogP contribution in [-0.4, -0.2) is 49.9 Å². The van der Waals surface area contributed by atoms with Crippen LogP contribution < -0.4 is 5.73 Å². The molecule has 1 heterocycles. The van der Waals surface area contributed by atoms with Crippen LogP contribution in [0.25, 0.3) is 0 Å². The van der Waals surface area contributed by atoms with Crippen LogP contribution in [0.2, 0.25) is 0 Å². The van der Waals surface area contributed by atoms with Gasteiger partial charge in [-0.3, -0.25) is 4.79 Å². The fraction of sp³-hybridized carbons (Fsp3) is 0.900. The van der Waals surface area contributed by atoms with Gasteiger partial charge in [-0.1, -0.05) is 6.92 Å². The molecule has 2 atom stereocenters. The minimum Gasteiger partial charge on any atom is -0.339 e. The zero-order valence-corrected chi connectivity index (χ0v) is 11.9. The van der Waals surface area contributed by atoms with Crippen LogP contribution in [0.3, 0.4) is 0 Å². The highest BCUT2D eigenvalue weighted by molar-refractivity contribution is 7.92. The van der Waals surface area contributed by atoms with E-state index in [2.05, 4.69) is 0 Å². The van der Waals surface area contributed by atoms with Gasteiger partial charge in [0.15, 0.2) is 9.84 Å². The molecule has 2 unspecified atom stereocenters. The van der Waals surface area contributed by atoms with Crippen molar-refractivity contribution in [2.75, 3.05) is 24.6 Å². The Hall–Kier alpha value is -0.330. The van der Waals surface area contributed by atoms with Crippen molar-refractivity contribution in [3.05, 3.63) is 0 Å². The third-order valence-electron chi connectivity index (χ3n) is 3.10. The summed E-state index contributed by atoms with van der Waals surface area (Å²) in [6.07, 6.45) is 0.869. The fourth-order valence-corrected chi connectivity index (χ4v) is 2.78. The standard InChI is InChI=1S/C10H20N2O3S.ClH/c1-3-16(14,15)7-10(13)12-6-9(5-11)4-8(12)2;/h8-9H,3-7,11H2,1-2H3;1H. The number of likely N-dealkylation sites (tertiary alicyclic amines) is 1. The lowest BCUT2D eigenvalue weighted by atomic mass is 10.1. The number of carbonyl (C=O) groups excluding carboxylic acids is 1. The van der Waals surface area contributed by atoms with Crippen molar-refractivity contribution in [1.82, 2.24) is 4.90 Å². The molecule has 0 aliphatic carbocycles. The van der Waals surface area contributed by atoms with E-state index in [9.17, 15) is 13.2 Å². The molecule has 17 heavy (non-hydrogen) atoms. The van der Waals surface area contributed by atoms with Gasteiger partial charge in [0.25, 0.3) is 0 Å². The lowest BCUT2D eigenvalue weighted by molar-refractivity contribution is -0.129. The first-order valence-electron chi connectivity index (χ1n) is 5.59. The number of hydrogen-bond donors (Lipinski definition) is 1. The van der Waals surface area contributed by atoms with Crippen LogP contribution >= 0.6 is 12.4 Å². The molecule has 1 saturated heterocycles. The average Bonchev–Trinajstić information content (AvgIpc) is 2.59. The molecular weight excluding hydrogens is 264 g/mol. The molecule has 1 rings (SSSR count). The van der Waals surface area contributed by atoms with E-state index in [1.165, 1.54) is 0 Å². The number of sulfone groups is 1. The Kier molecular flexibility index (Phi) is 6.43. The largest absolute Gasteiger partial charge is 0.339 e. The molecular formula is C10H21ClN2O3S. The second-order valence-corrected chi connectivity index (χ2v) is 6.76. The van der Waals surface area contributed by atoms with Crippen LogP contribution in [0.4, 0.5) is 0 Å². The molecule has 1 amide bonds. The fourth-order valence-electron chi connectivity index (χ4n) is 2.03. The Labute approximate surface area is 109 Å². The van der Waals surface area contributed by atoms with Crippen molar-refractivity contribution >= 4 is 28.2 Å². The first-order valence-corrected chi connectivity index (χ1v) is 7.41. The summed E-state index contributed by atoms with van der Waals surface area (Å²) in [7, 11) is -3.23. The molecule has 7 heteroatoms. The number of hydrogen-bond acceptors (Lipinski definition) is 4. The van der Waals surface area contributed by atoms with Crippen LogP contribution in [0, 0.1) is 5.92 Å². The van der Waals surface area contributed by atoms with Crippen LogP contribution in [-0.2, 0) is 14.6 Å². The summed E-state index contributed by atoms with van der Waals surface area (Å²) in [6, 6.07) is 0.105. The molecule has 0 radical (unpaired) electrons. The van der Waals surface area contributed by atoms with E-state index in [0.29, 0.717) is 19.0 Å². The molecule has 0 aromatic carbocycles. The number of nitrogens with zero attached hydrogens (tertiary/aromatic N) is 1. The molecule has 0 aromatic rings. The smallest absolute Gasteiger partial charge is 0.238 e. The number of carbonyl (C=O) groups is 1. The highest BCUT2D eigenvalue weighted by Gasteiger charge is 2.32. The van der Waals surface area contributed by atoms with Crippen molar-refractivity contribution < 1.29 is 13.2 Å². The van der Waals surface area contributed by atoms with Crippen LogP contribution in [0.5, 0.6) is 0 Å². The van der Waals surface area contributed by atoms with Crippen molar-refractivity contribution in [3.63, 3.8) is 0 Å². The first-order chi connectivity index (χ1) is 7.39. The van der Waals surface area contributed by atoms with E-state index < -0.39 is 9.84 Å². The van der Waals surface area contributed by atoms with E-state index >= 15 is 0 Å². The van der Waals surface area contributed by atoms with Gasteiger partial charge in [0.2, 0.25) is 5.91 Å². The van der Waals surface area contributed by atoms with Crippen molar-refractivity contribution in [3.8, 4) is 0 Å². The van der Waals surface area contributed by atoms with Crippen LogP contribution in [0.15, 0.2) is 0 Å². The second kappa shape index (κ2) is 6.56. The first kappa shape index (κ1) is 16.7. The molecule has 0 aromatic heterocycles. The molecule has 2 N–H and O–H groups in total. The van der Waals surface area contributed by atoms with Gasteiger partial charge in [0.1, 0.15) is 5.75 Å². The summed E-state index contributed by atoms with van der Waals surface area (Å²) >= 11 is 0. The number of nitrogens with two attached hydrogens (primary N) is 1. The normalized spacial score (nSPS) is 24.5. The van der Waals surface area contributed by atoms with E-state index in [1.54, 1.807) is 11.8 Å². The van der Waals surface area contributed by atoms with Gasteiger partial charge in [-0.2, -0.15) is 0 Å². The Morgan fingerprint density at radius 1 is 1.47 bits per heavy atom. The third-order valence-corrected chi connectivity index (χ3v) is 4.66. The molecule has 0 bridgehead atoms. The minimum absolute atomic E-state index is 0. The maximum Gasteiger partial charge on any atom is 0.238 e. The zero-order valence-electron chi connectivity index (χ0n) is 10.3. The Morgan fingerprint density at radius 2 is 2.06 bits per heavy atom. The number of amides is 1. The molecule has 1 aliphatic heterocycles. The lowest BCUT2D eigenvalue weighted by Gasteiger charge is -2.21. The van der Waals surface area contributed by atoms with E-state index in [1.807, 2.05) is 6.92 Å². The van der Waals surface area contributed by atoms with Gasteiger partial charge in [0, 0.05) is 18.3 Å². The molecule has 102 valence electrons. The molecule has 1 aliphatic rings. The van der Waals surface area contributed by atoms with Gasteiger partial charge in [-0.25, -0.2) is 8.42 Å². The van der Waals surface area contributed by atoms with E-state index in [-0.39, 0.29) is 35.9 Å². The van der Waals surface area contributed by atoms with Gasteiger partial charge >= 0.3 is 0 Å². The molecule has 5 nitrogen and oxygen atoms in total. The maximum atomic E-state index is 11.8. The zero-order chi connectivity index (χ0) is 12.3. The number of halogens is 1. The molecule has 0 spiro atoms. The second-order valence-electron chi connectivity index (χ2n) is 4.41. The molecule has 1 fully saturated rings. The molecule has 0 saturated carbocycles. The van der Waals surface area contributed by atoms with Gasteiger partial charge in [-0.15, -0.1) is 12.4 Å². The quantitative estimate of drug-likeness (QED) is 0.790. The monoisotopic (exact) mass is 284 g/mol. The lowest BCUT2D eigenvalue weighted by Crippen LogP contribution is -2.38. The highest BCUT2D eigenvalue weighted by Crippen LogP contribution is 2.22. The summed E-state index contributed by atoms with van der Waals surface area (Å²) in [6.45, 7) is 4.63. The summed E-state index contributed by atoms with van der Waals surface area (Å²) in [4.78, 5) is 13.4. The average molecular weight is 285 g/mol. The van der Waals surface area contributed by atoms with Crippen molar-refractivity contribution in [2.24, 2.45) is 11.7 Å². The Balaban J connectivity index is 0.00000256. The SMILES string of the molecule is CCS(=O)(=O)CC(=O)N1CC(CN)CC1C.Cl. The van der Waals surface area contributed by atoms with Crippen molar-refractivity contribution in [1.29, 1.82) is 0 Å². The van der Waals surface area contributed by atoms with Gasteiger partial charge < -0.3 is 10.6 Å². The number of rotatable bonds is 4. The summed E-state index contributed by atoms with van der Waals surface area (Å²) in [5.41, 5.74) is 5.56. The van der Waals surface area contributed by atoms with E-state index in [4.69, 9.17) is 5.73 Å². The Bertz CT molecular complexity index is 359. The van der Waals surface area contributed by atoms with Crippen molar-refractivity contribution in [2.45, 2.75) is 26.3 Å². The summed E-state index contributed by atoms with van der Waals surface area (Å²) in [5.74, 6) is -0.333.